The molecule has 10 heavy (non-hydrogen) atoms. The molecular weight excluding hydrogens is 144 g/mol. The van der Waals surface area contributed by atoms with Gasteiger partial charge in [0.1, 0.15) is 0 Å². The first-order chi connectivity index (χ1) is 4.80. The van der Waals surface area contributed by atoms with Gasteiger partial charge in [0.15, 0.2) is 0 Å². The van der Waals surface area contributed by atoms with Gasteiger partial charge in [0.05, 0.1) is 10.9 Å². The Hall–Kier alpha value is -0.180. The Morgan fingerprint density at radius 1 is 1.50 bits per heavy atom. The first-order valence-corrected chi connectivity index (χ1v) is 4.72. The lowest BCUT2D eigenvalue weighted by molar-refractivity contribution is 0.847. The normalized spacial score (nSPS) is 15.5. The number of nitrogens with zero attached hydrogens (tertiary/aromatic N) is 1. The summed E-state index contributed by atoms with van der Waals surface area (Å²) in [5, 5.41) is 5.29. The second-order valence-electron chi connectivity index (χ2n) is 2.05. The van der Waals surface area contributed by atoms with Crippen molar-refractivity contribution in [2.75, 3.05) is 5.88 Å². The van der Waals surface area contributed by atoms with Gasteiger partial charge in [-0.15, -0.1) is 0 Å². The molecule has 3 heteroatoms. The first-order valence-electron chi connectivity index (χ1n) is 3.74. The Bertz CT molecular complexity index is 110. The number of nitrogens with one attached hydrogen (secondary N) is 1. The molecule has 0 radical (unpaired) electrons. The third-order valence-corrected chi connectivity index (χ3v) is 2.10. The Balaban J connectivity index is 0.000000371. The van der Waals surface area contributed by atoms with E-state index in [0.717, 1.165) is 5.88 Å². The van der Waals surface area contributed by atoms with Crippen LogP contribution in [-0.2, 0) is 0 Å². The monoisotopic (exact) mass is 160 g/mol. The Labute approximate surface area is 67.5 Å². The zero-order chi connectivity index (χ0) is 7.98. The molecular formula is C7H16N2S. The summed E-state index contributed by atoms with van der Waals surface area (Å²) >= 11 is 1.79. The topological polar surface area (TPSA) is 24.4 Å². The van der Waals surface area contributed by atoms with E-state index in [4.69, 9.17) is 0 Å². The van der Waals surface area contributed by atoms with E-state index in [1.165, 1.54) is 5.04 Å². The van der Waals surface area contributed by atoms with E-state index in [9.17, 15) is 0 Å². The van der Waals surface area contributed by atoms with E-state index in [1.54, 1.807) is 11.8 Å². The molecule has 0 bridgehead atoms. The van der Waals surface area contributed by atoms with Gasteiger partial charge in [-0.05, 0) is 0 Å². The standard InChI is InChI=1S/C5H10N2S.C2H6/c1-4(2)5-7-6-3-8-5;1-2/h4,6H,3H2,1-2H3;1-2H3. The predicted octanol–water partition coefficient (Wildman–Crippen LogP) is 2.28. The summed E-state index contributed by atoms with van der Waals surface area (Å²) in [6.45, 7) is 8.30. The van der Waals surface area contributed by atoms with Crippen molar-refractivity contribution >= 4 is 16.8 Å². The van der Waals surface area contributed by atoms with Crippen molar-refractivity contribution in [1.29, 1.82) is 0 Å². The second-order valence-corrected chi connectivity index (χ2v) is 3.05. The van der Waals surface area contributed by atoms with Crippen LogP contribution in [0.4, 0.5) is 0 Å². The Morgan fingerprint density at radius 3 is 2.30 bits per heavy atom. The van der Waals surface area contributed by atoms with Gasteiger partial charge in [0, 0.05) is 5.92 Å². The lowest BCUT2D eigenvalue weighted by Crippen LogP contribution is -1.98. The van der Waals surface area contributed by atoms with Crippen LogP contribution in [0.2, 0.25) is 0 Å². The van der Waals surface area contributed by atoms with Crippen molar-refractivity contribution < 1.29 is 0 Å². The van der Waals surface area contributed by atoms with Gasteiger partial charge >= 0.3 is 0 Å². The average Bonchev–Trinajstić information content (AvgIpc) is 2.42. The van der Waals surface area contributed by atoms with Crippen molar-refractivity contribution in [1.82, 2.24) is 5.43 Å². The van der Waals surface area contributed by atoms with E-state index in [-0.39, 0.29) is 0 Å². The smallest absolute Gasteiger partial charge is 0.0974 e. The van der Waals surface area contributed by atoms with Crippen molar-refractivity contribution in [2.24, 2.45) is 11.0 Å². The van der Waals surface area contributed by atoms with Crippen LogP contribution >= 0.6 is 11.8 Å². The van der Waals surface area contributed by atoms with Crippen molar-refractivity contribution in [2.45, 2.75) is 27.7 Å². The van der Waals surface area contributed by atoms with Crippen LogP contribution < -0.4 is 5.43 Å². The molecule has 0 aliphatic carbocycles. The SMILES string of the molecule is CC.CC(C)C1=NNCS1. The molecule has 60 valence electrons. The summed E-state index contributed by atoms with van der Waals surface area (Å²) in [5.41, 5.74) is 2.90. The van der Waals surface area contributed by atoms with E-state index in [1.807, 2.05) is 13.8 Å². The zero-order valence-electron chi connectivity index (χ0n) is 7.14. The summed E-state index contributed by atoms with van der Waals surface area (Å²) in [6, 6.07) is 0. The number of hydrazone groups is 1. The maximum atomic E-state index is 4.06. The molecule has 1 rings (SSSR count). The molecule has 1 N–H and O–H groups in total. The molecule has 0 saturated heterocycles. The molecule has 0 aromatic rings. The van der Waals surface area contributed by atoms with Crippen LogP contribution in [0.1, 0.15) is 27.7 Å². The van der Waals surface area contributed by atoms with E-state index in [0.29, 0.717) is 5.92 Å². The Kier molecular flexibility index (Phi) is 5.49. The van der Waals surface area contributed by atoms with E-state index < -0.39 is 0 Å². The summed E-state index contributed by atoms with van der Waals surface area (Å²) in [4.78, 5) is 0. The Morgan fingerprint density at radius 2 is 2.10 bits per heavy atom. The lowest BCUT2D eigenvalue weighted by Gasteiger charge is -1.97. The van der Waals surface area contributed by atoms with Crippen molar-refractivity contribution in [3.8, 4) is 0 Å². The number of hydrogen-bond acceptors (Lipinski definition) is 3. The second kappa shape index (κ2) is 5.59. The molecule has 0 spiro atoms. The molecule has 2 nitrogen and oxygen atoms in total. The van der Waals surface area contributed by atoms with Crippen LogP contribution in [0.3, 0.4) is 0 Å². The summed E-state index contributed by atoms with van der Waals surface area (Å²) in [7, 11) is 0. The molecule has 1 aliphatic rings. The van der Waals surface area contributed by atoms with Gasteiger partial charge in [0.2, 0.25) is 0 Å². The van der Waals surface area contributed by atoms with Crippen molar-refractivity contribution in [3.63, 3.8) is 0 Å². The molecule has 0 aromatic heterocycles. The van der Waals surface area contributed by atoms with Gasteiger partial charge < -0.3 is 0 Å². The molecule has 0 saturated carbocycles. The quantitative estimate of drug-likeness (QED) is 0.636. The largest absolute Gasteiger partial charge is 0.299 e. The molecule has 0 fully saturated rings. The summed E-state index contributed by atoms with van der Waals surface area (Å²) < 4.78 is 0. The van der Waals surface area contributed by atoms with Crippen LogP contribution in [0, 0.1) is 5.92 Å². The predicted molar refractivity (Wildman–Crippen MR) is 49.2 cm³/mol. The highest BCUT2D eigenvalue weighted by Gasteiger charge is 2.09. The number of thioether (sulfide) groups is 1. The number of rotatable bonds is 1. The average molecular weight is 160 g/mol. The van der Waals surface area contributed by atoms with Crippen LogP contribution in [-0.4, -0.2) is 10.9 Å². The fraction of sp³-hybridized carbons (Fsp3) is 0.857. The first kappa shape index (κ1) is 9.82. The molecule has 1 heterocycles. The maximum Gasteiger partial charge on any atom is 0.0974 e. The molecule has 0 atom stereocenters. The molecule has 0 unspecified atom stereocenters. The lowest BCUT2D eigenvalue weighted by atomic mass is 10.2. The highest BCUT2D eigenvalue weighted by molar-refractivity contribution is 8.14. The van der Waals surface area contributed by atoms with Gasteiger partial charge in [-0.3, -0.25) is 5.43 Å². The van der Waals surface area contributed by atoms with Crippen LogP contribution in [0.25, 0.3) is 0 Å². The molecule has 1 aliphatic heterocycles. The third-order valence-electron chi connectivity index (χ3n) is 0.968. The third kappa shape index (κ3) is 3.11. The minimum Gasteiger partial charge on any atom is -0.299 e. The fourth-order valence-electron chi connectivity index (χ4n) is 0.544. The van der Waals surface area contributed by atoms with Gasteiger partial charge in [-0.1, -0.05) is 39.5 Å². The molecule has 0 aromatic carbocycles. The van der Waals surface area contributed by atoms with Crippen LogP contribution in [0.15, 0.2) is 5.10 Å². The summed E-state index contributed by atoms with van der Waals surface area (Å²) in [6.07, 6.45) is 0. The van der Waals surface area contributed by atoms with Crippen LogP contribution in [0.5, 0.6) is 0 Å². The van der Waals surface area contributed by atoms with Gasteiger partial charge in [-0.2, -0.15) is 5.10 Å². The minimum absolute atomic E-state index is 0.593. The fourth-order valence-corrected chi connectivity index (χ4v) is 1.28. The van der Waals surface area contributed by atoms with Crippen molar-refractivity contribution in [3.05, 3.63) is 0 Å². The molecule has 0 amide bonds. The zero-order valence-corrected chi connectivity index (χ0v) is 7.96. The van der Waals surface area contributed by atoms with E-state index in [2.05, 4.69) is 24.4 Å². The number of hydrogen-bond donors (Lipinski definition) is 1. The minimum atomic E-state index is 0.593. The highest BCUT2D eigenvalue weighted by Crippen LogP contribution is 2.14. The van der Waals surface area contributed by atoms with E-state index >= 15 is 0 Å². The van der Waals surface area contributed by atoms with Gasteiger partial charge in [-0.25, -0.2) is 0 Å². The highest BCUT2D eigenvalue weighted by atomic mass is 32.2. The van der Waals surface area contributed by atoms with Gasteiger partial charge in [0.25, 0.3) is 0 Å². The summed E-state index contributed by atoms with van der Waals surface area (Å²) in [5.74, 6) is 1.54. The maximum absolute atomic E-state index is 4.06.